The van der Waals surface area contributed by atoms with E-state index in [0.29, 0.717) is 18.0 Å². The first-order chi connectivity index (χ1) is 11.5. The van der Waals surface area contributed by atoms with Crippen molar-refractivity contribution in [1.29, 1.82) is 0 Å². The molecule has 4 heteroatoms. The van der Waals surface area contributed by atoms with Crippen LogP contribution in [-0.4, -0.2) is 24.2 Å². The van der Waals surface area contributed by atoms with Crippen molar-refractivity contribution in [3.05, 3.63) is 65.0 Å². The number of hydrogen-bond donors (Lipinski definition) is 1. The fraction of sp³-hybridized carbons (Fsp3) is 0.350. The highest BCUT2D eigenvalue weighted by Crippen LogP contribution is 2.33. The summed E-state index contributed by atoms with van der Waals surface area (Å²) in [5, 5.41) is 9.08. The van der Waals surface area contributed by atoms with E-state index in [1.165, 1.54) is 11.6 Å². The normalized spacial score (nSPS) is 17.5. The number of rotatable bonds is 4. The van der Waals surface area contributed by atoms with Gasteiger partial charge >= 0.3 is 5.97 Å². The molecule has 1 aliphatic rings. The fourth-order valence-electron chi connectivity index (χ4n) is 3.35. The molecule has 0 bridgehead atoms. The molecule has 1 aliphatic heterocycles. The van der Waals surface area contributed by atoms with Gasteiger partial charge in [-0.1, -0.05) is 38.1 Å². The highest BCUT2D eigenvalue weighted by molar-refractivity contribution is 5.88. The van der Waals surface area contributed by atoms with Crippen LogP contribution in [0.3, 0.4) is 0 Å². The molecule has 1 atom stereocenters. The second-order valence-electron chi connectivity index (χ2n) is 6.69. The zero-order chi connectivity index (χ0) is 17.3. The van der Waals surface area contributed by atoms with E-state index in [-0.39, 0.29) is 11.5 Å². The SMILES string of the molecule is CC(C)c1ccc(N2CCC(c3cccc(C(=O)O)c3F)C2)cc1. The van der Waals surface area contributed by atoms with Crippen molar-refractivity contribution in [2.45, 2.75) is 32.1 Å². The summed E-state index contributed by atoms with van der Waals surface area (Å²) in [6, 6.07) is 13.2. The smallest absolute Gasteiger partial charge is 0.338 e. The maximum atomic E-state index is 14.4. The lowest BCUT2D eigenvalue weighted by Crippen LogP contribution is -2.19. The summed E-state index contributed by atoms with van der Waals surface area (Å²) in [5.41, 5.74) is 2.70. The van der Waals surface area contributed by atoms with E-state index in [1.807, 2.05) is 0 Å². The van der Waals surface area contributed by atoms with E-state index in [0.717, 1.165) is 18.7 Å². The average Bonchev–Trinajstić information content (AvgIpc) is 3.04. The Bertz CT molecular complexity index is 740. The van der Waals surface area contributed by atoms with E-state index < -0.39 is 11.8 Å². The molecule has 1 heterocycles. The van der Waals surface area contributed by atoms with Gasteiger partial charge in [-0.25, -0.2) is 9.18 Å². The Morgan fingerprint density at radius 2 is 1.92 bits per heavy atom. The molecule has 0 saturated carbocycles. The van der Waals surface area contributed by atoms with Crippen LogP contribution in [0.5, 0.6) is 0 Å². The summed E-state index contributed by atoms with van der Waals surface area (Å²) in [6.45, 7) is 5.89. The second kappa shape index (κ2) is 6.63. The molecule has 0 aromatic heterocycles. The van der Waals surface area contributed by atoms with Crippen molar-refractivity contribution in [2.75, 3.05) is 18.0 Å². The third-order valence-electron chi connectivity index (χ3n) is 4.81. The molecule has 2 aromatic rings. The topological polar surface area (TPSA) is 40.5 Å². The van der Waals surface area contributed by atoms with Crippen LogP contribution < -0.4 is 4.90 Å². The number of carbonyl (C=O) groups is 1. The van der Waals surface area contributed by atoms with Crippen LogP contribution in [0.15, 0.2) is 42.5 Å². The van der Waals surface area contributed by atoms with E-state index in [2.05, 4.69) is 43.0 Å². The fourth-order valence-corrected chi connectivity index (χ4v) is 3.35. The lowest BCUT2D eigenvalue weighted by molar-refractivity contribution is 0.0691. The molecule has 1 unspecified atom stereocenters. The molecule has 0 amide bonds. The molecule has 2 aromatic carbocycles. The van der Waals surface area contributed by atoms with Crippen LogP contribution in [0.1, 0.15) is 53.6 Å². The maximum absolute atomic E-state index is 14.4. The number of anilines is 1. The van der Waals surface area contributed by atoms with Gasteiger partial charge in [-0.2, -0.15) is 0 Å². The van der Waals surface area contributed by atoms with Crippen molar-refractivity contribution in [1.82, 2.24) is 0 Å². The van der Waals surface area contributed by atoms with Gasteiger partial charge in [0.15, 0.2) is 0 Å². The number of carboxylic acids is 1. The highest BCUT2D eigenvalue weighted by atomic mass is 19.1. The molecular formula is C20H22FNO2. The molecule has 126 valence electrons. The van der Waals surface area contributed by atoms with Gasteiger partial charge in [0, 0.05) is 24.7 Å². The highest BCUT2D eigenvalue weighted by Gasteiger charge is 2.28. The summed E-state index contributed by atoms with van der Waals surface area (Å²) in [5.74, 6) is -1.28. The predicted molar refractivity (Wildman–Crippen MR) is 93.5 cm³/mol. The number of hydrogen-bond acceptors (Lipinski definition) is 2. The van der Waals surface area contributed by atoms with Crippen LogP contribution in [0.4, 0.5) is 10.1 Å². The van der Waals surface area contributed by atoms with Crippen molar-refractivity contribution in [2.24, 2.45) is 0 Å². The summed E-state index contributed by atoms with van der Waals surface area (Å²) in [6.07, 6.45) is 0.825. The van der Waals surface area contributed by atoms with Gasteiger partial charge in [0.05, 0.1) is 5.56 Å². The average molecular weight is 327 g/mol. The minimum Gasteiger partial charge on any atom is -0.478 e. The monoisotopic (exact) mass is 327 g/mol. The lowest BCUT2D eigenvalue weighted by Gasteiger charge is -2.20. The minimum atomic E-state index is -1.21. The Kier molecular flexibility index (Phi) is 4.56. The number of aromatic carboxylic acids is 1. The van der Waals surface area contributed by atoms with Crippen LogP contribution in [0.2, 0.25) is 0 Å². The van der Waals surface area contributed by atoms with Gasteiger partial charge < -0.3 is 10.0 Å². The Morgan fingerprint density at radius 1 is 1.21 bits per heavy atom. The largest absolute Gasteiger partial charge is 0.478 e. The third kappa shape index (κ3) is 3.14. The van der Waals surface area contributed by atoms with Gasteiger partial charge in [-0.05, 0) is 41.7 Å². The molecule has 3 nitrogen and oxygen atoms in total. The van der Waals surface area contributed by atoms with Crippen molar-refractivity contribution in [3.63, 3.8) is 0 Å². The Hall–Kier alpha value is -2.36. The maximum Gasteiger partial charge on any atom is 0.338 e. The van der Waals surface area contributed by atoms with E-state index in [9.17, 15) is 9.18 Å². The second-order valence-corrected chi connectivity index (χ2v) is 6.69. The number of nitrogens with zero attached hydrogens (tertiary/aromatic N) is 1. The summed E-state index contributed by atoms with van der Waals surface area (Å²) >= 11 is 0. The van der Waals surface area contributed by atoms with Gasteiger partial charge in [0.2, 0.25) is 0 Å². The van der Waals surface area contributed by atoms with E-state index >= 15 is 0 Å². The summed E-state index contributed by atoms with van der Waals surface area (Å²) in [4.78, 5) is 13.3. The summed E-state index contributed by atoms with van der Waals surface area (Å²) < 4.78 is 14.4. The van der Waals surface area contributed by atoms with E-state index in [1.54, 1.807) is 12.1 Å². The van der Waals surface area contributed by atoms with Gasteiger partial charge in [0.1, 0.15) is 5.82 Å². The Morgan fingerprint density at radius 3 is 2.54 bits per heavy atom. The predicted octanol–water partition coefficient (Wildman–Crippen LogP) is 4.64. The Labute approximate surface area is 141 Å². The third-order valence-corrected chi connectivity index (χ3v) is 4.81. The molecule has 0 radical (unpaired) electrons. The first-order valence-corrected chi connectivity index (χ1v) is 8.34. The Balaban J connectivity index is 1.78. The molecule has 1 saturated heterocycles. The quantitative estimate of drug-likeness (QED) is 0.889. The van der Waals surface area contributed by atoms with Gasteiger partial charge in [0.25, 0.3) is 0 Å². The molecular weight excluding hydrogens is 305 g/mol. The first kappa shape index (κ1) is 16.5. The first-order valence-electron chi connectivity index (χ1n) is 8.34. The van der Waals surface area contributed by atoms with Crippen LogP contribution >= 0.6 is 0 Å². The number of halogens is 1. The number of carboxylic acid groups (broad SMARTS) is 1. The van der Waals surface area contributed by atoms with Crippen molar-refractivity contribution in [3.8, 4) is 0 Å². The standard InChI is InChI=1S/C20H22FNO2/c1-13(2)14-6-8-16(9-7-14)22-11-10-15(12-22)17-4-3-5-18(19(17)21)20(23)24/h3-9,13,15H,10-12H2,1-2H3,(H,23,24). The van der Waals surface area contributed by atoms with Crippen LogP contribution in [0.25, 0.3) is 0 Å². The summed E-state index contributed by atoms with van der Waals surface area (Å²) in [7, 11) is 0. The molecule has 3 rings (SSSR count). The minimum absolute atomic E-state index is 0.0223. The van der Waals surface area contributed by atoms with Crippen LogP contribution in [0, 0.1) is 5.82 Å². The van der Waals surface area contributed by atoms with Crippen LogP contribution in [-0.2, 0) is 0 Å². The van der Waals surface area contributed by atoms with Gasteiger partial charge in [-0.3, -0.25) is 0 Å². The molecule has 1 fully saturated rings. The van der Waals surface area contributed by atoms with Gasteiger partial charge in [-0.15, -0.1) is 0 Å². The zero-order valence-electron chi connectivity index (χ0n) is 14.0. The van der Waals surface area contributed by atoms with Crippen molar-refractivity contribution < 1.29 is 14.3 Å². The molecule has 1 N–H and O–H groups in total. The van der Waals surface area contributed by atoms with Crippen molar-refractivity contribution >= 4 is 11.7 Å². The molecule has 24 heavy (non-hydrogen) atoms. The zero-order valence-corrected chi connectivity index (χ0v) is 14.0. The number of benzene rings is 2. The lowest BCUT2D eigenvalue weighted by atomic mass is 9.96. The molecule has 0 aliphatic carbocycles. The molecule has 0 spiro atoms. The van der Waals surface area contributed by atoms with E-state index in [4.69, 9.17) is 5.11 Å².